The maximum Gasteiger partial charge on any atom is 0.244 e. The smallest absolute Gasteiger partial charge is 0.244 e. The molecule has 1 aromatic carbocycles. The van der Waals surface area contributed by atoms with Gasteiger partial charge in [0.1, 0.15) is 6.54 Å². The molecule has 4 aromatic rings. The van der Waals surface area contributed by atoms with Crippen LogP contribution < -0.4 is 0 Å². The summed E-state index contributed by atoms with van der Waals surface area (Å²) >= 11 is 0. The molecule has 10 heteroatoms. The van der Waals surface area contributed by atoms with E-state index in [0.29, 0.717) is 32.2 Å². The number of amides is 1. The molecule has 0 N–H and O–H groups in total. The predicted molar refractivity (Wildman–Crippen MR) is 129 cm³/mol. The van der Waals surface area contributed by atoms with Crippen molar-refractivity contribution in [1.82, 2.24) is 34.4 Å². The van der Waals surface area contributed by atoms with E-state index in [1.165, 1.54) is 0 Å². The van der Waals surface area contributed by atoms with Gasteiger partial charge in [-0.25, -0.2) is 9.97 Å². The van der Waals surface area contributed by atoms with Crippen LogP contribution >= 0.6 is 0 Å². The van der Waals surface area contributed by atoms with E-state index in [1.54, 1.807) is 35.1 Å². The summed E-state index contributed by atoms with van der Waals surface area (Å²) in [6, 6.07) is 7.99. The van der Waals surface area contributed by atoms with Crippen LogP contribution in [0, 0.1) is 0 Å². The minimum atomic E-state index is -0.0751. The maximum atomic E-state index is 12.9. The molecule has 10 nitrogen and oxygen atoms in total. The first-order valence-corrected chi connectivity index (χ1v) is 11.4. The number of carbonyl (C=O) groups is 1. The van der Waals surface area contributed by atoms with Crippen LogP contribution in [-0.4, -0.2) is 79.9 Å². The van der Waals surface area contributed by atoms with E-state index in [1.807, 2.05) is 48.7 Å². The molecule has 1 fully saturated rings. The molecule has 0 saturated carbocycles. The van der Waals surface area contributed by atoms with Crippen LogP contribution in [0.5, 0.6) is 0 Å². The zero-order valence-electron chi connectivity index (χ0n) is 19.7. The van der Waals surface area contributed by atoms with Crippen molar-refractivity contribution in [2.24, 2.45) is 7.05 Å². The summed E-state index contributed by atoms with van der Waals surface area (Å²) in [7, 11) is 3.52. The molecule has 1 aliphatic heterocycles. The van der Waals surface area contributed by atoms with Gasteiger partial charge < -0.3 is 14.4 Å². The molecule has 4 heterocycles. The van der Waals surface area contributed by atoms with Gasteiger partial charge in [-0.15, -0.1) is 0 Å². The molecule has 0 bridgehead atoms. The number of morpholine rings is 1. The number of hydrogen-bond acceptors (Lipinski definition) is 7. The first-order chi connectivity index (χ1) is 17.1. The average molecular weight is 474 g/mol. The molecule has 0 aliphatic carbocycles. The standard InChI is InChI=1S/C25H27N7O3/c1-30-13-21(11-28-30)18-4-3-5-19(8-18)25-26-9-20(10-27-25)22-12-29-31(14-22)15-24(33)32-6-7-35-17-23(32)16-34-2/h3-5,8-14,23H,6-7,15-17H2,1-2H3. The minimum Gasteiger partial charge on any atom is -0.382 e. The normalized spacial score (nSPS) is 15.9. The summed E-state index contributed by atoms with van der Waals surface area (Å²) < 4.78 is 14.1. The van der Waals surface area contributed by atoms with E-state index in [9.17, 15) is 4.79 Å². The molecule has 35 heavy (non-hydrogen) atoms. The van der Waals surface area contributed by atoms with Gasteiger partial charge in [-0.3, -0.25) is 14.2 Å². The number of hydrogen-bond donors (Lipinski definition) is 0. The zero-order valence-corrected chi connectivity index (χ0v) is 19.7. The van der Waals surface area contributed by atoms with Crippen molar-refractivity contribution < 1.29 is 14.3 Å². The van der Waals surface area contributed by atoms with Crippen molar-refractivity contribution in [1.29, 1.82) is 0 Å². The van der Waals surface area contributed by atoms with E-state index in [4.69, 9.17) is 9.47 Å². The third-order valence-electron chi connectivity index (χ3n) is 5.98. The van der Waals surface area contributed by atoms with Gasteiger partial charge in [-0.2, -0.15) is 10.2 Å². The second kappa shape index (κ2) is 10.2. The largest absolute Gasteiger partial charge is 0.382 e. The second-order valence-corrected chi connectivity index (χ2v) is 8.48. The third kappa shape index (κ3) is 5.13. The molecule has 0 spiro atoms. The number of methoxy groups -OCH3 is 1. The Morgan fingerprint density at radius 2 is 1.80 bits per heavy atom. The number of aromatic nitrogens is 6. The number of aryl methyl sites for hydroxylation is 1. The molecule has 1 amide bonds. The number of benzene rings is 1. The summed E-state index contributed by atoms with van der Waals surface area (Å²) in [5, 5.41) is 8.61. The molecule has 5 rings (SSSR count). The molecular weight excluding hydrogens is 446 g/mol. The molecular formula is C25H27N7O3. The number of rotatable bonds is 7. The third-order valence-corrected chi connectivity index (χ3v) is 5.98. The van der Waals surface area contributed by atoms with E-state index in [-0.39, 0.29) is 18.5 Å². The number of nitrogens with zero attached hydrogens (tertiary/aromatic N) is 7. The highest BCUT2D eigenvalue weighted by Crippen LogP contribution is 2.25. The molecule has 0 radical (unpaired) electrons. The van der Waals surface area contributed by atoms with Crippen molar-refractivity contribution in [3.8, 4) is 33.6 Å². The lowest BCUT2D eigenvalue weighted by atomic mass is 10.1. The quantitative estimate of drug-likeness (QED) is 0.406. The van der Waals surface area contributed by atoms with Crippen LogP contribution in [0.15, 0.2) is 61.4 Å². The lowest BCUT2D eigenvalue weighted by Crippen LogP contribution is -2.51. The van der Waals surface area contributed by atoms with Gasteiger partial charge in [0, 0.05) is 67.7 Å². The van der Waals surface area contributed by atoms with Crippen LogP contribution in [0.1, 0.15) is 0 Å². The summed E-state index contributed by atoms with van der Waals surface area (Å²) in [4.78, 5) is 23.8. The highest BCUT2D eigenvalue weighted by Gasteiger charge is 2.27. The fraction of sp³-hybridized carbons (Fsp3) is 0.320. The Hall–Kier alpha value is -3.89. The van der Waals surface area contributed by atoms with Gasteiger partial charge in [-0.05, 0) is 11.6 Å². The van der Waals surface area contributed by atoms with Crippen molar-refractivity contribution >= 4 is 5.91 Å². The molecule has 180 valence electrons. The van der Waals surface area contributed by atoms with E-state index < -0.39 is 0 Å². The Labute approximate surface area is 203 Å². The highest BCUT2D eigenvalue weighted by atomic mass is 16.5. The van der Waals surface area contributed by atoms with Crippen LogP contribution in [0.3, 0.4) is 0 Å². The SMILES string of the molecule is COCC1COCCN1C(=O)Cn1cc(-c2cnc(-c3cccc(-c4cnn(C)c4)c3)nc2)cn1. The summed E-state index contributed by atoms with van der Waals surface area (Å²) in [5.74, 6) is 0.628. The fourth-order valence-electron chi connectivity index (χ4n) is 4.18. The predicted octanol–water partition coefficient (Wildman–Crippen LogP) is 2.28. The van der Waals surface area contributed by atoms with Gasteiger partial charge >= 0.3 is 0 Å². The van der Waals surface area contributed by atoms with Crippen molar-refractivity contribution in [2.45, 2.75) is 12.6 Å². The van der Waals surface area contributed by atoms with Crippen LogP contribution in [-0.2, 0) is 27.9 Å². The first-order valence-electron chi connectivity index (χ1n) is 11.4. The molecule has 1 atom stereocenters. The molecule has 1 aliphatic rings. The van der Waals surface area contributed by atoms with Gasteiger partial charge in [0.15, 0.2) is 5.82 Å². The zero-order chi connectivity index (χ0) is 24.2. The second-order valence-electron chi connectivity index (χ2n) is 8.48. The van der Waals surface area contributed by atoms with Crippen molar-refractivity contribution in [2.75, 3.05) is 33.5 Å². The lowest BCUT2D eigenvalue weighted by Gasteiger charge is -2.35. The van der Waals surface area contributed by atoms with Gasteiger partial charge in [0.25, 0.3) is 0 Å². The average Bonchev–Trinajstić information content (AvgIpc) is 3.54. The minimum absolute atomic E-state index is 0.00917. The maximum absolute atomic E-state index is 12.9. The lowest BCUT2D eigenvalue weighted by molar-refractivity contribution is -0.142. The summed E-state index contributed by atoms with van der Waals surface area (Å²) in [6.07, 6.45) is 10.9. The monoisotopic (exact) mass is 473 g/mol. The number of ether oxygens (including phenoxy) is 2. The van der Waals surface area contributed by atoms with Gasteiger partial charge in [0.05, 0.1) is 38.3 Å². The van der Waals surface area contributed by atoms with Gasteiger partial charge in [-0.1, -0.05) is 18.2 Å². The molecule has 3 aromatic heterocycles. The number of carbonyl (C=O) groups excluding carboxylic acids is 1. The Bertz CT molecular complexity index is 1300. The van der Waals surface area contributed by atoms with Crippen LogP contribution in [0.2, 0.25) is 0 Å². The van der Waals surface area contributed by atoms with Crippen LogP contribution in [0.4, 0.5) is 0 Å². The van der Waals surface area contributed by atoms with E-state index in [2.05, 4.69) is 26.2 Å². The Morgan fingerprint density at radius 1 is 1.03 bits per heavy atom. The van der Waals surface area contributed by atoms with Gasteiger partial charge in [0.2, 0.25) is 5.91 Å². The Morgan fingerprint density at radius 3 is 2.57 bits per heavy atom. The summed E-state index contributed by atoms with van der Waals surface area (Å²) in [6.45, 7) is 2.17. The first kappa shape index (κ1) is 22.9. The van der Waals surface area contributed by atoms with Crippen molar-refractivity contribution in [3.63, 3.8) is 0 Å². The highest BCUT2D eigenvalue weighted by molar-refractivity contribution is 5.76. The summed E-state index contributed by atoms with van der Waals surface area (Å²) in [5.41, 5.74) is 4.71. The Balaban J connectivity index is 1.28. The fourth-order valence-corrected chi connectivity index (χ4v) is 4.18. The van der Waals surface area contributed by atoms with Crippen LogP contribution in [0.25, 0.3) is 33.6 Å². The molecule has 1 saturated heterocycles. The molecule has 1 unspecified atom stereocenters. The van der Waals surface area contributed by atoms with E-state index in [0.717, 1.165) is 27.8 Å². The Kier molecular flexibility index (Phi) is 6.64. The van der Waals surface area contributed by atoms with Crippen molar-refractivity contribution in [3.05, 3.63) is 61.4 Å². The van der Waals surface area contributed by atoms with E-state index >= 15 is 0 Å². The topological polar surface area (TPSA) is 100 Å².